The lowest BCUT2D eigenvalue weighted by Crippen LogP contribution is -2.18. The van der Waals surface area contributed by atoms with Crippen molar-refractivity contribution in [3.63, 3.8) is 0 Å². The highest BCUT2D eigenvalue weighted by Crippen LogP contribution is 1.99. The van der Waals surface area contributed by atoms with Crippen molar-refractivity contribution in [1.82, 2.24) is 0 Å². The highest BCUT2D eigenvalue weighted by molar-refractivity contribution is 5.96. The molecule has 112 valence electrons. The van der Waals surface area contributed by atoms with E-state index in [1.807, 2.05) is 0 Å². The van der Waals surface area contributed by atoms with Gasteiger partial charge in [-0.3, -0.25) is 9.59 Å². The molecule has 6 nitrogen and oxygen atoms in total. The van der Waals surface area contributed by atoms with Crippen LogP contribution < -0.4 is 0 Å². The summed E-state index contributed by atoms with van der Waals surface area (Å²) in [5.74, 6) is -0.760. The first-order valence-corrected chi connectivity index (χ1v) is 6.40. The molecule has 19 heavy (non-hydrogen) atoms. The minimum Gasteiger partial charge on any atom is -0.463 e. The van der Waals surface area contributed by atoms with E-state index in [1.54, 1.807) is 21.0 Å². The first-order valence-electron chi connectivity index (χ1n) is 6.40. The number of hydrogen-bond acceptors (Lipinski definition) is 6. The predicted octanol–water partition coefficient (Wildman–Crippen LogP) is 0.824. The topological polar surface area (TPSA) is 71.1 Å². The maximum Gasteiger partial charge on any atom is 0.313 e. The van der Waals surface area contributed by atoms with Crippen molar-refractivity contribution in [3.05, 3.63) is 0 Å². The zero-order valence-electron chi connectivity index (χ0n) is 12.0. The number of carbonyl (C=O) groups is 2. The smallest absolute Gasteiger partial charge is 0.313 e. The molecule has 0 aliphatic rings. The van der Waals surface area contributed by atoms with Crippen molar-refractivity contribution in [2.75, 3.05) is 46.8 Å². The zero-order valence-corrected chi connectivity index (χ0v) is 12.0. The number of methoxy groups -OCH3 is 1. The molecular weight excluding hydrogens is 252 g/mol. The van der Waals surface area contributed by atoms with Crippen molar-refractivity contribution >= 4 is 11.8 Å². The van der Waals surface area contributed by atoms with Crippen LogP contribution >= 0.6 is 0 Å². The summed E-state index contributed by atoms with van der Waals surface area (Å²) in [6.07, 6.45) is -0.169. The molecule has 0 aromatic rings. The Balaban J connectivity index is 3.30. The van der Waals surface area contributed by atoms with Crippen LogP contribution in [0.15, 0.2) is 0 Å². The lowest BCUT2D eigenvalue weighted by molar-refractivity contribution is -0.148. The van der Waals surface area contributed by atoms with Crippen LogP contribution in [0.5, 0.6) is 0 Å². The average Bonchev–Trinajstić information content (AvgIpc) is 2.36. The molecule has 0 bridgehead atoms. The van der Waals surface area contributed by atoms with Crippen LogP contribution in [0.1, 0.15) is 20.3 Å². The fourth-order valence-corrected chi connectivity index (χ4v) is 1.08. The molecule has 0 aromatic heterocycles. The van der Waals surface area contributed by atoms with E-state index in [9.17, 15) is 9.59 Å². The first kappa shape index (κ1) is 18.0. The van der Waals surface area contributed by atoms with E-state index in [-0.39, 0.29) is 24.7 Å². The molecule has 0 atom stereocenters. The van der Waals surface area contributed by atoms with Crippen LogP contribution in [0.2, 0.25) is 0 Å². The summed E-state index contributed by atoms with van der Waals surface area (Å²) in [6.45, 7) is 5.96. The molecule has 0 aliphatic heterocycles. The van der Waals surface area contributed by atoms with Gasteiger partial charge in [-0.2, -0.15) is 0 Å². The van der Waals surface area contributed by atoms with Gasteiger partial charge in [-0.05, 0) is 0 Å². The number of ketones is 1. The lowest BCUT2D eigenvalue weighted by Gasteiger charge is -2.07. The number of esters is 1. The number of rotatable bonds is 12. The van der Waals surface area contributed by atoms with Gasteiger partial charge in [0.05, 0.1) is 33.0 Å². The fraction of sp³-hybridized carbons (Fsp3) is 0.846. The molecular formula is C13H24O6. The van der Waals surface area contributed by atoms with Crippen molar-refractivity contribution in [1.29, 1.82) is 0 Å². The van der Waals surface area contributed by atoms with Crippen molar-refractivity contribution in [2.24, 2.45) is 5.92 Å². The van der Waals surface area contributed by atoms with Gasteiger partial charge in [0.1, 0.15) is 18.8 Å². The summed E-state index contributed by atoms with van der Waals surface area (Å²) in [5, 5.41) is 0. The molecule has 6 heteroatoms. The van der Waals surface area contributed by atoms with E-state index >= 15 is 0 Å². The van der Waals surface area contributed by atoms with Crippen LogP contribution in [-0.4, -0.2) is 58.5 Å². The molecule has 0 fully saturated rings. The van der Waals surface area contributed by atoms with Crippen molar-refractivity contribution in [3.8, 4) is 0 Å². The van der Waals surface area contributed by atoms with Gasteiger partial charge >= 0.3 is 5.97 Å². The SMILES string of the molecule is COCCOCCOCCOC(=O)CC(=O)C(C)C. The zero-order chi connectivity index (χ0) is 14.5. The lowest BCUT2D eigenvalue weighted by atomic mass is 10.1. The number of hydrogen-bond donors (Lipinski definition) is 0. The van der Waals surface area contributed by atoms with Gasteiger partial charge in [-0.15, -0.1) is 0 Å². The van der Waals surface area contributed by atoms with Gasteiger partial charge in [0.25, 0.3) is 0 Å². The third-order valence-corrected chi connectivity index (χ3v) is 2.26. The molecule has 0 rings (SSSR count). The third-order valence-electron chi connectivity index (χ3n) is 2.26. The van der Waals surface area contributed by atoms with Crippen LogP contribution in [0.3, 0.4) is 0 Å². The molecule has 0 amide bonds. The molecule has 0 spiro atoms. The molecule has 0 heterocycles. The van der Waals surface area contributed by atoms with Gasteiger partial charge in [-0.1, -0.05) is 13.8 Å². The van der Waals surface area contributed by atoms with Gasteiger partial charge in [0.2, 0.25) is 0 Å². The monoisotopic (exact) mass is 276 g/mol. The number of carbonyl (C=O) groups excluding carboxylic acids is 2. The Hall–Kier alpha value is -0.980. The molecule has 0 aromatic carbocycles. The van der Waals surface area contributed by atoms with Gasteiger partial charge < -0.3 is 18.9 Å². The van der Waals surface area contributed by atoms with Gasteiger partial charge in [0, 0.05) is 13.0 Å². The standard InChI is InChI=1S/C13H24O6/c1-11(2)12(14)10-13(15)19-9-8-18-7-6-17-5-4-16-3/h11H,4-10H2,1-3H3. The van der Waals surface area contributed by atoms with Crippen molar-refractivity contribution < 1.29 is 28.5 Å². The summed E-state index contributed by atoms with van der Waals surface area (Å²) in [5.41, 5.74) is 0. The Kier molecular flexibility index (Phi) is 11.5. The van der Waals surface area contributed by atoms with Gasteiger partial charge in [0.15, 0.2) is 0 Å². The van der Waals surface area contributed by atoms with E-state index in [0.29, 0.717) is 33.0 Å². The summed E-state index contributed by atoms with van der Waals surface area (Å²) in [6, 6.07) is 0. The highest BCUT2D eigenvalue weighted by atomic mass is 16.6. The van der Waals surface area contributed by atoms with Crippen LogP contribution in [0.25, 0.3) is 0 Å². The van der Waals surface area contributed by atoms with Crippen LogP contribution in [-0.2, 0) is 28.5 Å². The van der Waals surface area contributed by atoms with E-state index in [2.05, 4.69) is 0 Å². The largest absolute Gasteiger partial charge is 0.463 e. The summed E-state index contributed by atoms with van der Waals surface area (Å²) < 4.78 is 20.0. The maximum atomic E-state index is 11.3. The van der Waals surface area contributed by atoms with Crippen LogP contribution in [0.4, 0.5) is 0 Å². The Morgan fingerprint density at radius 3 is 1.95 bits per heavy atom. The van der Waals surface area contributed by atoms with E-state index in [1.165, 1.54) is 0 Å². The quantitative estimate of drug-likeness (QED) is 0.299. The summed E-state index contributed by atoms with van der Waals surface area (Å²) in [7, 11) is 1.61. The molecule has 0 radical (unpaired) electrons. The van der Waals surface area contributed by atoms with Gasteiger partial charge in [-0.25, -0.2) is 0 Å². The number of Topliss-reactive ketones (excluding diaryl/α,β-unsaturated/α-hetero) is 1. The molecule has 0 unspecified atom stereocenters. The molecule has 0 saturated heterocycles. The summed E-state index contributed by atoms with van der Waals surface area (Å²) >= 11 is 0. The van der Waals surface area contributed by atoms with E-state index in [4.69, 9.17) is 18.9 Å². The Bertz CT molecular complexity index is 252. The highest BCUT2D eigenvalue weighted by Gasteiger charge is 2.13. The summed E-state index contributed by atoms with van der Waals surface area (Å²) in [4.78, 5) is 22.5. The maximum absolute atomic E-state index is 11.3. The molecule has 0 aliphatic carbocycles. The Morgan fingerprint density at radius 2 is 1.42 bits per heavy atom. The first-order chi connectivity index (χ1) is 9.07. The van der Waals surface area contributed by atoms with E-state index < -0.39 is 5.97 Å². The van der Waals surface area contributed by atoms with Crippen molar-refractivity contribution in [2.45, 2.75) is 20.3 Å². The Morgan fingerprint density at radius 1 is 0.895 bits per heavy atom. The average molecular weight is 276 g/mol. The second-order valence-corrected chi connectivity index (χ2v) is 4.24. The van der Waals surface area contributed by atoms with E-state index in [0.717, 1.165) is 0 Å². The molecule has 0 saturated carbocycles. The fourth-order valence-electron chi connectivity index (χ4n) is 1.08. The van der Waals surface area contributed by atoms with Crippen LogP contribution in [0, 0.1) is 5.92 Å². The second-order valence-electron chi connectivity index (χ2n) is 4.24. The number of ether oxygens (including phenoxy) is 4. The second kappa shape index (κ2) is 12.1. The third kappa shape index (κ3) is 11.8. The minimum absolute atomic E-state index is 0.113. The molecule has 0 N–H and O–H groups in total. The normalized spacial score (nSPS) is 10.7. The predicted molar refractivity (Wildman–Crippen MR) is 68.9 cm³/mol. The minimum atomic E-state index is -0.501. The Labute approximate surface area is 114 Å².